The van der Waals surface area contributed by atoms with Gasteiger partial charge in [0.15, 0.2) is 0 Å². The maximum atomic E-state index is 14.1. The summed E-state index contributed by atoms with van der Waals surface area (Å²) in [6.07, 6.45) is 4.66. The van der Waals surface area contributed by atoms with E-state index in [0.717, 1.165) is 31.3 Å². The zero-order valence-corrected chi connectivity index (χ0v) is 17.0. The van der Waals surface area contributed by atoms with Crippen molar-refractivity contribution in [3.63, 3.8) is 0 Å². The van der Waals surface area contributed by atoms with E-state index < -0.39 is 6.17 Å². The van der Waals surface area contributed by atoms with Crippen LogP contribution in [0.2, 0.25) is 0 Å². The first-order chi connectivity index (χ1) is 14.0. The Morgan fingerprint density at radius 2 is 2.07 bits per heavy atom. The van der Waals surface area contributed by atoms with Gasteiger partial charge < -0.3 is 16.0 Å². The number of rotatable bonds is 5. The van der Waals surface area contributed by atoms with Gasteiger partial charge >= 0.3 is 0 Å². The quantitative estimate of drug-likeness (QED) is 0.657. The van der Waals surface area contributed by atoms with E-state index >= 15 is 0 Å². The molecule has 0 aromatic carbocycles. The van der Waals surface area contributed by atoms with Crippen molar-refractivity contribution < 1.29 is 14.0 Å². The molecule has 2 saturated carbocycles. The van der Waals surface area contributed by atoms with Gasteiger partial charge in [-0.2, -0.15) is 5.26 Å². The molecule has 0 aromatic heterocycles. The lowest BCUT2D eigenvalue weighted by Gasteiger charge is -2.40. The number of alkyl halides is 1. The van der Waals surface area contributed by atoms with E-state index in [9.17, 15) is 14.0 Å². The third kappa shape index (κ3) is 4.48. The van der Waals surface area contributed by atoms with Gasteiger partial charge in [-0.1, -0.05) is 5.57 Å². The Labute approximate surface area is 171 Å². The van der Waals surface area contributed by atoms with Gasteiger partial charge in [0.25, 0.3) is 0 Å². The number of piperidine rings is 1. The van der Waals surface area contributed by atoms with Crippen LogP contribution in [0.3, 0.4) is 0 Å². The number of fused-ring (bicyclic) bond motifs is 1. The maximum Gasteiger partial charge on any atom is 0.247 e. The number of halogens is 1. The van der Waals surface area contributed by atoms with E-state index in [2.05, 4.69) is 22.0 Å². The standard InChI is InChI=1S/C22H31FN4O2/c1-12(18-6-2-13(10-24)11-25-18)26-20(28)9-17-21(14-3-4-14)16-8-15(23)5-7-19(16)27-22(17)29/h12-16,18-19,25H,2-9,11H2,1H3,(H,26,28)(H,27,29)/t12-,13?,15?,16?,18?,19?/m1/s1. The molecule has 6 atom stereocenters. The molecule has 0 spiro atoms. The number of nitrogens with one attached hydrogen (secondary N) is 3. The topological polar surface area (TPSA) is 94.0 Å². The van der Waals surface area contributed by atoms with Crippen LogP contribution in [0.4, 0.5) is 4.39 Å². The molecule has 2 heterocycles. The lowest BCUT2D eigenvalue weighted by molar-refractivity contribution is -0.125. The number of nitrogens with zero attached hydrogens (tertiary/aromatic N) is 1. The van der Waals surface area contributed by atoms with Gasteiger partial charge in [0.1, 0.15) is 6.17 Å². The minimum absolute atomic E-state index is 0.0235. The maximum absolute atomic E-state index is 14.1. The van der Waals surface area contributed by atoms with Crippen molar-refractivity contribution in [3.05, 3.63) is 11.1 Å². The van der Waals surface area contributed by atoms with Crippen LogP contribution in [0.5, 0.6) is 0 Å². The molecule has 1 saturated heterocycles. The number of carbonyl (C=O) groups is 2. The van der Waals surface area contributed by atoms with Crippen LogP contribution in [-0.4, -0.2) is 42.7 Å². The second kappa shape index (κ2) is 8.43. The summed E-state index contributed by atoms with van der Waals surface area (Å²) < 4.78 is 14.1. The number of hydrogen-bond donors (Lipinski definition) is 3. The lowest BCUT2D eigenvalue weighted by atomic mass is 9.72. The highest BCUT2D eigenvalue weighted by Gasteiger charge is 2.45. The second-order valence-corrected chi connectivity index (χ2v) is 9.26. The highest BCUT2D eigenvalue weighted by atomic mass is 19.1. The first-order valence-electron chi connectivity index (χ1n) is 11.1. The monoisotopic (exact) mass is 402 g/mol. The molecule has 0 radical (unpaired) electrons. The fourth-order valence-electron chi connectivity index (χ4n) is 5.35. The summed E-state index contributed by atoms with van der Waals surface area (Å²) in [5.74, 6) is 0.139. The number of amides is 2. The lowest BCUT2D eigenvalue weighted by Crippen LogP contribution is -2.53. The third-order valence-electron chi connectivity index (χ3n) is 7.11. The molecule has 4 aliphatic rings. The highest BCUT2D eigenvalue weighted by molar-refractivity contribution is 6.00. The minimum Gasteiger partial charge on any atom is -0.352 e. The second-order valence-electron chi connectivity index (χ2n) is 9.26. The van der Waals surface area contributed by atoms with Gasteiger partial charge in [0, 0.05) is 36.2 Å². The fourth-order valence-corrected chi connectivity index (χ4v) is 5.35. The summed E-state index contributed by atoms with van der Waals surface area (Å²) in [6, 6.07) is 2.37. The van der Waals surface area contributed by atoms with Crippen molar-refractivity contribution >= 4 is 11.8 Å². The van der Waals surface area contributed by atoms with Crippen molar-refractivity contribution in [1.82, 2.24) is 16.0 Å². The van der Waals surface area contributed by atoms with Crippen LogP contribution >= 0.6 is 0 Å². The summed E-state index contributed by atoms with van der Waals surface area (Å²) >= 11 is 0. The molecule has 4 rings (SSSR count). The summed E-state index contributed by atoms with van der Waals surface area (Å²) in [6.45, 7) is 2.61. The van der Waals surface area contributed by atoms with Gasteiger partial charge in [0.2, 0.25) is 11.8 Å². The SMILES string of the molecule is C[C@@H](NC(=O)CC1=C(C2CC2)C2CC(F)CCC2NC1=O)C1CCC(C#N)CN1. The molecule has 3 fully saturated rings. The molecular weight excluding hydrogens is 371 g/mol. The molecule has 6 nitrogen and oxygen atoms in total. The van der Waals surface area contributed by atoms with E-state index in [1.807, 2.05) is 6.92 Å². The molecule has 3 N–H and O–H groups in total. The van der Waals surface area contributed by atoms with Gasteiger partial charge in [0.05, 0.1) is 18.4 Å². The largest absolute Gasteiger partial charge is 0.352 e. The fraction of sp³-hybridized carbons (Fsp3) is 0.773. The van der Waals surface area contributed by atoms with Crippen LogP contribution in [-0.2, 0) is 9.59 Å². The normalized spacial score (nSPS) is 35.9. The Balaban J connectivity index is 1.42. The summed E-state index contributed by atoms with van der Waals surface area (Å²) in [7, 11) is 0. The van der Waals surface area contributed by atoms with Crippen LogP contribution in [0, 0.1) is 29.1 Å². The summed E-state index contributed by atoms with van der Waals surface area (Å²) in [5.41, 5.74) is 1.64. The highest BCUT2D eigenvalue weighted by Crippen LogP contribution is 2.48. The van der Waals surface area contributed by atoms with Crippen molar-refractivity contribution in [1.29, 1.82) is 5.26 Å². The van der Waals surface area contributed by atoms with E-state index in [-0.39, 0.29) is 48.2 Å². The van der Waals surface area contributed by atoms with Crippen LogP contribution < -0.4 is 16.0 Å². The Hall–Kier alpha value is -1.94. The molecule has 2 aliphatic carbocycles. The van der Waals surface area contributed by atoms with Crippen LogP contribution in [0.1, 0.15) is 58.3 Å². The Kier molecular flexibility index (Phi) is 5.91. The average molecular weight is 403 g/mol. The molecule has 0 bridgehead atoms. The van der Waals surface area contributed by atoms with Crippen molar-refractivity contribution in [3.8, 4) is 6.07 Å². The molecule has 158 valence electrons. The summed E-state index contributed by atoms with van der Waals surface area (Å²) in [5, 5.41) is 18.4. The van der Waals surface area contributed by atoms with Crippen molar-refractivity contribution in [2.45, 2.75) is 82.6 Å². The molecule has 5 unspecified atom stereocenters. The number of hydrogen-bond acceptors (Lipinski definition) is 4. The molecule has 2 aliphatic heterocycles. The van der Waals surface area contributed by atoms with Crippen molar-refractivity contribution in [2.24, 2.45) is 17.8 Å². The number of carbonyl (C=O) groups excluding carboxylic acids is 2. The first-order valence-corrected chi connectivity index (χ1v) is 11.1. The van der Waals surface area contributed by atoms with Gasteiger partial charge in [-0.15, -0.1) is 0 Å². The molecular formula is C22H31FN4O2. The van der Waals surface area contributed by atoms with E-state index in [1.54, 1.807) is 0 Å². The Bertz CT molecular complexity index is 734. The molecule has 2 amide bonds. The zero-order valence-electron chi connectivity index (χ0n) is 17.0. The van der Waals surface area contributed by atoms with E-state index in [0.29, 0.717) is 37.3 Å². The minimum atomic E-state index is -0.815. The molecule has 0 aromatic rings. The number of nitriles is 1. The van der Waals surface area contributed by atoms with Crippen LogP contribution in [0.15, 0.2) is 11.1 Å². The van der Waals surface area contributed by atoms with Gasteiger partial charge in [-0.3, -0.25) is 9.59 Å². The predicted octanol–water partition coefficient (Wildman–Crippen LogP) is 2.12. The summed E-state index contributed by atoms with van der Waals surface area (Å²) in [4.78, 5) is 25.5. The van der Waals surface area contributed by atoms with E-state index in [4.69, 9.17) is 5.26 Å². The molecule has 7 heteroatoms. The van der Waals surface area contributed by atoms with E-state index in [1.165, 1.54) is 0 Å². The smallest absolute Gasteiger partial charge is 0.247 e. The van der Waals surface area contributed by atoms with Crippen molar-refractivity contribution in [2.75, 3.05) is 6.54 Å². The molecule has 29 heavy (non-hydrogen) atoms. The average Bonchev–Trinajstić information content (AvgIpc) is 3.54. The first kappa shape index (κ1) is 20.3. The third-order valence-corrected chi connectivity index (χ3v) is 7.11. The van der Waals surface area contributed by atoms with Gasteiger partial charge in [-0.25, -0.2) is 4.39 Å². The predicted molar refractivity (Wildman–Crippen MR) is 106 cm³/mol. The van der Waals surface area contributed by atoms with Gasteiger partial charge in [-0.05, 0) is 57.8 Å². The van der Waals surface area contributed by atoms with Crippen LogP contribution in [0.25, 0.3) is 0 Å². The Morgan fingerprint density at radius 3 is 2.72 bits per heavy atom. The zero-order chi connectivity index (χ0) is 20.5. The Morgan fingerprint density at radius 1 is 1.28 bits per heavy atom.